The van der Waals surface area contributed by atoms with E-state index in [1.165, 1.54) is 0 Å². The average molecular weight is 203 g/mol. The highest BCUT2D eigenvalue weighted by Gasteiger charge is 2.08. The summed E-state index contributed by atoms with van der Waals surface area (Å²) in [5, 5.41) is 2.79. The van der Waals surface area contributed by atoms with Crippen LogP contribution in [-0.2, 0) is 0 Å². The van der Waals surface area contributed by atoms with Crippen LogP contribution in [0.2, 0.25) is 0 Å². The van der Waals surface area contributed by atoms with Crippen molar-refractivity contribution in [2.24, 2.45) is 0 Å². The van der Waals surface area contributed by atoms with E-state index in [1.54, 1.807) is 6.20 Å². The number of rotatable bonds is 3. The van der Waals surface area contributed by atoms with E-state index >= 15 is 0 Å². The number of hydrogen-bond acceptors (Lipinski definition) is 2. The van der Waals surface area contributed by atoms with Crippen LogP contribution >= 0.6 is 0 Å². The second kappa shape index (κ2) is 4.13. The maximum absolute atomic E-state index is 11.6. The third kappa shape index (κ3) is 1.98. The minimum atomic E-state index is -0.111. The van der Waals surface area contributed by atoms with Crippen molar-refractivity contribution in [1.29, 1.82) is 0 Å². The van der Waals surface area contributed by atoms with Crippen molar-refractivity contribution in [2.45, 2.75) is 13.3 Å². The van der Waals surface area contributed by atoms with Gasteiger partial charge in [0, 0.05) is 18.9 Å². The summed E-state index contributed by atoms with van der Waals surface area (Å²) < 4.78 is 1.83. The van der Waals surface area contributed by atoms with Gasteiger partial charge < -0.3 is 9.72 Å². The Balaban J connectivity index is 2.25. The average Bonchev–Trinajstić information content (AvgIpc) is 2.69. The van der Waals surface area contributed by atoms with E-state index < -0.39 is 0 Å². The van der Waals surface area contributed by atoms with Crippen molar-refractivity contribution in [3.63, 3.8) is 0 Å². The Morgan fingerprint density at radius 3 is 3.13 bits per heavy atom. The Hall–Kier alpha value is -1.84. The van der Waals surface area contributed by atoms with Gasteiger partial charge in [0.25, 0.3) is 5.91 Å². The van der Waals surface area contributed by atoms with Gasteiger partial charge in [-0.2, -0.15) is 0 Å². The first-order chi connectivity index (χ1) is 7.31. The fourth-order valence-electron chi connectivity index (χ4n) is 1.37. The fraction of sp³-hybridized carbons (Fsp3) is 0.273. The minimum Gasteiger partial charge on any atom is -0.351 e. The zero-order valence-electron chi connectivity index (χ0n) is 8.60. The molecule has 78 valence electrons. The summed E-state index contributed by atoms with van der Waals surface area (Å²) in [4.78, 5) is 15.8. The van der Waals surface area contributed by atoms with Gasteiger partial charge in [-0.15, -0.1) is 0 Å². The number of carbonyl (C=O) groups excluding carboxylic acids is 1. The van der Waals surface area contributed by atoms with Crippen molar-refractivity contribution in [3.05, 3.63) is 36.3 Å². The number of hydrogen-bond donors (Lipinski definition) is 1. The number of aromatic nitrogens is 2. The molecular weight excluding hydrogens is 190 g/mol. The van der Waals surface area contributed by atoms with E-state index in [4.69, 9.17) is 0 Å². The first kappa shape index (κ1) is 9.71. The Bertz CT molecular complexity index is 442. The molecule has 0 saturated carbocycles. The van der Waals surface area contributed by atoms with E-state index in [1.807, 2.05) is 35.7 Å². The predicted octanol–water partition coefficient (Wildman–Crippen LogP) is 1.47. The first-order valence-electron chi connectivity index (χ1n) is 5.03. The van der Waals surface area contributed by atoms with Crippen LogP contribution in [0.25, 0.3) is 5.65 Å². The summed E-state index contributed by atoms with van der Waals surface area (Å²) in [6.45, 7) is 2.71. The van der Waals surface area contributed by atoms with Gasteiger partial charge in [-0.25, -0.2) is 4.98 Å². The molecule has 0 fully saturated rings. The van der Waals surface area contributed by atoms with Crippen molar-refractivity contribution in [1.82, 2.24) is 14.7 Å². The second-order valence-corrected chi connectivity index (χ2v) is 3.35. The third-order valence-corrected chi connectivity index (χ3v) is 2.13. The van der Waals surface area contributed by atoms with Gasteiger partial charge in [-0.3, -0.25) is 4.79 Å². The molecule has 1 amide bonds. The number of amides is 1. The van der Waals surface area contributed by atoms with E-state index in [9.17, 15) is 4.79 Å². The SMILES string of the molecule is CCCNC(=O)c1cn2ccccc2n1. The van der Waals surface area contributed by atoms with Crippen LogP contribution in [0.1, 0.15) is 23.8 Å². The molecule has 0 atom stereocenters. The highest BCUT2D eigenvalue weighted by Crippen LogP contribution is 2.03. The number of fused-ring (bicyclic) bond motifs is 1. The molecule has 0 aliphatic rings. The number of carbonyl (C=O) groups is 1. The second-order valence-electron chi connectivity index (χ2n) is 3.35. The Kier molecular flexibility index (Phi) is 2.67. The molecule has 2 aromatic heterocycles. The van der Waals surface area contributed by atoms with Crippen LogP contribution in [-0.4, -0.2) is 21.8 Å². The summed E-state index contributed by atoms with van der Waals surface area (Å²) in [6, 6.07) is 5.68. The molecule has 2 heterocycles. The van der Waals surface area contributed by atoms with Crippen LogP contribution in [0.4, 0.5) is 0 Å². The number of imidazole rings is 1. The number of nitrogens with zero attached hydrogens (tertiary/aromatic N) is 2. The van der Waals surface area contributed by atoms with Crippen molar-refractivity contribution < 1.29 is 4.79 Å². The maximum atomic E-state index is 11.6. The Morgan fingerprint density at radius 1 is 1.53 bits per heavy atom. The predicted molar refractivity (Wildman–Crippen MR) is 57.8 cm³/mol. The molecule has 2 rings (SSSR count). The molecular formula is C11H13N3O. The molecule has 0 aliphatic carbocycles. The van der Waals surface area contributed by atoms with Gasteiger partial charge in [0.15, 0.2) is 0 Å². The molecule has 0 spiro atoms. The lowest BCUT2D eigenvalue weighted by atomic mass is 10.4. The monoisotopic (exact) mass is 203 g/mol. The molecule has 0 saturated heterocycles. The molecule has 4 heteroatoms. The van der Waals surface area contributed by atoms with E-state index in [0.717, 1.165) is 12.1 Å². The van der Waals surface area contributed by atoms with Gasteiger partial charge in [-0.1, -0.05) is 13.0 Å². The third-order valence-electron chi connectivity index (χ3n) is 2.13. The lowest BCUT2D eigenvalue weighted by Crippen LogP contribution is -2.24. The molecule has 0 aromatic carbocycles. The highest BCUT2D eigenvalue weighted by atomic mass is 16.1. The summed E-state index contributed by atoms with van der Waals surface area (Å²) >= 11 is 0. The van der Waals surface area contributed by atoms with Crippen LogP contribution in [0, 0.1) is 0 Å². The van der Waals surface area contributed by atoms with E-state index in [0.29, 0.717) is 12.2 Å². The minimum absolute atomic E-state index is 0.111. The fourth-order valence-corrected chi connectivity index (χ4v) is 1.37. The van der Waals surface area contributed by atoms with Crippen LogP contribution in [0.3, 0.4) is 0 Å². The zero-order valence-corrected chi connectivity index (χ0v) is 8.60. The smallest absolute Gasteiger partial charge is 0.271 e. The number of nitrogens with one attached hydrogen (secondary N) is 1. The molecule has 0 unspecified atom stereocenters. The summed E-state index contributed by atoms with van der Waals surface area (Å²) in [5.41, 5.74) is 1.26. The topological polar surface area (TPSA) is 46.4 Å². The highest BCUT2D eigenvalue weighted by molar-refractivity contribution is 5.92. The summed E-state index contributed by atoms with van der Waals surface area (Å²) in [7, 11) is 0. The van der Waals surface area contributed by atoms with Crippen molar-refractivity contribution >= 4 is 11.6 Å². The summed E-state index contributed by atoms with van der Waals surface area (Å²) in [5.74, 6) is -0.111. The zero-order chi connectivity index (χ0) is 10.7. The van der Waals surface area contributed by atoms with Gasteiger partial charge in [0.05, 0.1) is 0 Å². The maximum Gasteiger partial charge on any atom is 0.271 e. The molecule has 4 nitrogen and oxygen atoms in total. The lowest BCUT2D eigenvalue weighted by molar-refractivity contribution is 0.0949. The molecule has 0 aliphatic heterocycles. The number of pyridine rings is 1. The Labute approximate surface area is 87.9 Å². The van der Waals surface area contributed by atoms with E-state index in [2.05, 4.69) is 10.3 Å². The molecule has 15 heavy (non-hydrogen) atoms. The van der Waals surface area contributed by atoms with Gasteiger partial charge in [0.2, 0.25) is 0 Å². The Morgan fingerprint density at radius 2 is 2.40 bits per heavy atom. The lowest BCUT2D eigenvalue weighted by Gasteiger charge is -1.98. The van der Waals surface area contributed by atoms with E-state index in [-0.39, 0.29) is 5.91 Å². The van der Waals surface area contributed by atoms with Crippen LogP contribution in [0.15, 0.2) is 30.6 Å². The quantitative estimate of drug-likeness (QED) is 0.821. The van der Waals surface area contributed by atoms with Crippen molar-refractivity contribution in [3.8, 4) is 0 Å². The van der Waals surface area contributed by atoms with Gasteiger partial charge >= 0.3 is 0 Å². The first-order valence-corrected chi connectivity index (χ1v) is 5.03. The molecule has 0 radical (unpaired) electrons. The molecule has 2 aromatic rings. The largest absolute Gasteiger partial charge is 0.351 e. The van der Waals surface area contributed by atoms with Crippen molar-refractivity contribution in [2.75, 3.05) is 6.54 Å². The molecule has 1 N–H and O–H groups in total. The normalized spacial score (nSPS) is 10.5. The van der Waals surface area contributed by atoms with Gasteiger partial charge in [0.1, 0.15) is 11.3 Å². The van der Waals surface area contributed by atoms with Crippen LogP contribution in [0.5, 0.6) is 0 Å². The standard InChI is InChI=1S/C11H13N3O/c1-2-6-12-11(15)9-8-14-7-4-3-5-10(14)13-9/h3-5,7-8H,2,6H2,1H3,(H,12,15). The van der Waals surface area contributed by atoms with Crippen LogP contribution < -0.4 is 5.32 Å². The molecule has 0 bridgehead atoms. The summed E-state index contributed by atoms with van der Waals surface area (Å²) in [6.07, 6.45) is 4.54. The van der Waals surface area contributed by atoms with Gasteiger partial charge in [-0.05, 0) is 18.6 Å².